The lowest BCUT2D eigenvalue weighted by atomic mass is 10.1. The number of hydrogen-bond acceptors (Lipinski definition) is 3. The van der Waals surface area contributed by atoms with Gasteiger partial charge in [-0.25, -0.2) is 13.1 Å². The van der Waals surface area contributed by atoms with Crippen LogP contribution in [-0.4, -0.2) is 27.7 Å². The van der Waals surface area contributed by atoms with Crippen molar-refractivity contribution in [1.82, 2.24) is 4.72 Å². The van der Waals surface area contributed by atoms with E-state index in [1.165, 1.54) is 0 Å². The van der Waals surface area contributed by atoms with Crippen LogP contribution in [0.2, 0.25) is 0 Å². The molecule has 96 valence electrons. The molecule has 0 saturated carbocycles. The summed E-state index contributed by atoms with van der Waals surface area (Å²) in [5, 5.41) is 0. The molecule has 0 aliphatic heterocycles. The van der Waals surface area contributed by atoms with E-state index >= 15 is 0 Å². The predicted octanol–water partition coefficient (Wildman–Crippen LogP) is 1.99. The molecule has 1 aromatic carbocycles. The third kappa shape index (κ3) is 4.53. The molecule has 0 saturated heterocycles. The molecule has 0 fully saturated rings. The molecule has 1 aromatic rings. The van der Waals surface area contributed by atoms with E-state index in [9.17, 15) is 8.42 Å². The Bertz CT molecular complexity index is 468. The second-order valence-electron chi connectivity index (χ2n) is 4.38. The fourth-order valence-electron chi connectivity index (χ4n) is 1.43. The van der Waals surface area contributed by atoms with Crippen molar-refractivity contribution in [2.24, 2.45) is 0 Å². The third-order valence-corrected chi connectivity index (χ3v) is 4.47. The number of ether oxygens (including phenoxy) is 1. The van der Waals surface area contributed by atoms with E-state index in [0.717, 1.165) is 3.57 Å². The smallest absolute Gasteiger partial charge is 0.241 e. The molecule has 0 aliphatic rings. The summed E-state index contributed by atoms with van der Waals surface area (Å²) in [7, 11) is -1.95. The fourth-order valence-corrected chi connectivity index (χ4v) is 3.18. The van der Waals surface area contributed by atoms with Gasteiger partial charge in [0.2, 0.25) is 10.0 Å². The number of halogens is 1. The van der Waals surface area contributed by atoms with Crippen molar-refractivity contribution in [3.05, 3.63) is 27.8 Å². The summed E-state index contributed by atoms with van der Waals surface area (Å²) in [4.78, 5) is 0.266. The zero-order valence-electron chi connectivity index (χ0n) is 10.0. The minimum atomic E-state index is -3.49. The monoisotopic (exact) mass is 369 g/mol. The zero-order valence-corrected chi connectivity index (χ0v) is 13.0. The van der Waals surface area contributed by atoms with Crippen LogP contribution in [0.4, 0.5) is 0 Å². The highest BCUT2D eigenvalue weighted by Gasteiger charge is 2.25. The van der Waals surface area contributed by atoms with Crippen molar-refractivity contribution in [1.29, 1.82) is 0 Å². The third-order valence-electron chi connectivity index (χ3n) is 2.04. The van der Waals surface area contributed by atoms with Crippen LogP contribution in [0.15, 0.2) is 29.2 Å². The van der Waals surface area contributed by atoms with E-state index in [0.29, 0.717) is 6.61 Å². The maximum Gasteiger partial charge on any atom is 0.241 e. The van der Waals surface area contributed by atoms with E-state index < -0.39 is 15.6 Å². The Morgan fingerprint density at radius 2 is 1.82 bits per heavy atom. The van der Waals surface area contributed by atoms with Crippen molar-refractivity contribution in [2.45, 2.75) is 24.3 Å². The number of benzene rings is 1. The van der Waals surface area contributed by atoms with Crippen LogP contribution in [0.3, 0.4) is 0 Å². The van der Waals surface area contributed by atoms with E-state index in [1.54, 1.807) is 45.2 Å². The van der Waals surface area contributed by atoms with Gasteiger partial charge in [-0.05, 0) is 60.7 Å². The van der Waals surface area contributed by atoms with Crippen molar-refractivity contribution in [2.75, 3.05) is 13.7 Å². The topological polar surface area (TPSA) is 55.4 Å². The Labute approximate surface area is 116 Å². The Hall–Kier alpha value is -0.180. The molecule has 0 aromatic heterocycles. The molecule has 0 heterocycles. The first-order valence-electron chi connectivity index (χ1n) is 5.05. The number of rotatable bonds is 5. The first-order valence-corrected chi connectivity index (χ1v) is 7.61. The van der Waals surface area contributed by atoms with E-state index in [1.807, 2.05) is 0 Å². The summed E-state index contributed by atoms with van der Waals surface area (Å²) in [6.07, 6.45) is 0. The lowest BCUT2D eigenvalue weighted by Gasteiger charge is -2.24. The maximum atomic E-state index is 12.1. The molecule has 0 atom stereocenters. The highest BCUT2D eigenvalue weighted by atomic mass is 127. The lowest BCUT2D eigenvalue weighted by molar-refractivity contribution is 0.141. The second kappa shape index (κ2) is 5.64. The van der Waals surface area contributed by atoms with Gasteiger partial charge in [0.15, 0.2) is 0 Å². The van der Waals surface area contributed by atoms with Crippen LogP contribution in [0.1, 0.15) is 13.8 Å². The molecule has 0 spiro atoms. The van der Waals surface area contributed by atoms with Crippen molar-refractivity contribution >= 4 is 32.6 Å². The van der Waals surface area contributed by atoms with Crippen LogP contribution < -0.4 is 4.72 Å². The Morgan fingerprint density at radius 1 is 1.29 bits per heavy atom. The molecule has 0 aliphatic carbocycles. The van der Waals surface area contributed by atoms with Crippen LogP contribution in [-0.2, 0) is 14.8 Å². The Balaban J connectivity index is 2.93. The number of methoxy groups -OCH3 is 1. The van der Waals surface area contributed by atoms with Crippen LogP contribution >= 0.6 is 22.6 Å². The van der Waals surface area contributed by atoms with Crippen LogP contribution in [0, 0.1) is 3.57 Å². The summed E-state index contributed by atoms with van der Waals surface area (Å²) in [5.74, 6) is 0. The van der Waals surface area contributed by atoms with E-state index in [2.05, 4.69) is 27.3 Å². The van der Waals surface area contributed by atoms with Crippen LogP contribution in [0.5, 0.6) is 0 Å². The normalized spacial score (nSPS) is 12.7. The number of nitrogens with one attached hydrogen (secondary N) is 1. The molecule has 17 heavy (non-hydrogen) atoms. The van der Waals surface area contributed by atoms with Gasteiger partial charge in [-0.15, -0.1) is 0 Å². The summed E-state index contributed by atoms with van der Waals surface area (Å²) >= 11 is 2.13. The molecule has 1 N–H and O–H groups in total. The van der Waals surface area contributed by atoms with Gasteiger partial charge in [0, 0.05) is 10.7 Å². The van der Waals surface area contributed by atoms with Crippen molar-refractivity contribution in [3.8, 4) is 0 Å². The fraction of sp³-hybridized carbons (Fsp3) is 0.455. The van der Waals surface area contributed by atoms with Crippen molar-refractivity contribution < 1.29 is 13.2 Å². The Morgan fingerprint density at radius 3 is 2.29 bits per heavy atom. The van der Waals surface area contributed by atoms with E-state index in [-0.39, 0.29) is 4.90 Å². The van der Waals surface area contributed by atoms with Crippen molar-refractivity contribution in [3.63, 3.8) is 0 Å². The second-order valence-corrected chi connectivity index (χ2v) is 7.30. The lowest BCUT2D eigenvalue weighted by Crippen LogP contribution is -2.46. The van der Waals surface area contributed by atoms with Gasteiger partial charge in [0.1, 0.15) is 0 Å². The van der Waals surface area contributed by atoms with Gasteiger partial charge in [-0.2, -0.15) is 0 Å². The summed E-state index contributed by atoms with van der Waals surface area (Å²) in [5.41, 5.74) is -0.628. The minimum Gasteiger partial charge on any atom is -0.383 e. The van der Waals surface area contributed by atoms with Gasteiger partial charge in [0.05, 0.1) is 17.0 Å². The molecular weight excluding hydrogens is 353 g/mol. The standard InChI is InChI=1S/C11H16INO3S/c1-11(2,8-16-3)13-17(14,15)10-6-4-9(12)5-7-10/h4-7,13H,8H2,1-3H3. The molecular formula is C11H16INO3S. The average Bonchev–Trinajstić information content (AvgIpc) is 2.16. The molecule has 0 radical (unpaired) electrons. The quantitative estimate of drug-likeness (QED) is 0.808. The highest BCUT2D eigenvalue weighted by Crippen LogP contribution is 2.15. The van der Waals surface area contributed by atoms with Gasteiger partial charge in [-0.1, -0.05) is 0 Å². The molecule has 0 unspecified atom stereocenters. The number of sulfonamides is 1. The minimum absolute atomic E-state index is 0.266. The zero-order chi connectivity index (χ0) is 13.1. The molecule has 0 bridgehead atoms. The van der Waals surface area contributed by atoms with Gasteiger partial charge in [-0.3, -0.25) is 0 Å². The van der Waals surface area contributed by atoms with Gasteiger partial charge in [0.25, 0.3) is 0 Å². The largest absolute Gasteiger partial charge is 0.383 e. The predicted molar refractivity (Wildman–Crippen MR) is 75.4 cm³/mol. The number of hydrogen-bond donors (Lipinski definition) is 1. The summed E-state index contributed by atoms with van der Waals surface area (Å²) in [6.45, 7) is 3.87. The van der Waals surface area contributed by atoms with E-state index in [4.69, 9.17) is 4.74 Å². The molecule has 1 rings (SSSR count). The van der Waals surface area contributed by atoms with Gasteiger partial charge >= 0.3 is 0 Å². The highest BCUT2D eigenvalue weighted by molar-refractivity contribution is 14.1. The molecule has 0 amide bonds. The van der Waals surface area contributed by atoms with Gasteiger partial charge < -0.3 is 4.74 Å². The summed E-state index contributed by atoms with van der Waals surface area (Å²) in [6, 6.07) is 6.71. The molecule has 6 heteroatoms. The first kappa shape index (κ1) is 14.9. The SMILES string of the molecule is COCC(C)(C)NS(=O)(=O)c1ccc(I)cc1. The van der Waals surface area contributed by atoms with Crippen LogP contribution in [0.25, 0.3) is 0 Å². The Kier molecular flexibility index (Phi) is 4.94. The molecule has 4 nitrogen and oxygen atoms in total. The summed E-state index contributed by atoms with van der Waals surface area (Å²) < 4.78 is 32.7. The average molecular weight is 369 g/mol. The maximum absolute atomic E-state index is 12.1. The first-order chi connectivity index (χ1) is 7.77.